The SMILES string of the molecule is O=C(COCC1CC1)NCC(C(=O)O)c1ccccc1. The molecule has 0 aromatic heterocycles. The Kier molecular flexibility index (Phi) is 5.12. The Morgan fingerprint density at radius 3 is 2.60 bits per heavy atom. The third-order valence-electron chi connectivity index (χ3n) is 3.29. The second-order valence-corrected chi connectivity index (χ2v) is 5.06. The van der Waals surface area contributed by atoms with Gasteiger partial charge in [-0.25, -0.2) is 0 Å². The molecule has 0 radical (unpaired) electrons. The molecule has 1 amide bonds. The molecule has 5 heteroatoms. The molecule has 0 bridgehead atoms. The zero-order valence-electron chi connectivity index (χ0n) is 11.2. The molecule has 1 aliphatic rings. The van der Waals surface area contributed by atoms with Crippen LogP contribution >= 0.6 is 0 Å². The zero-order chi connectivity index (χ0) is 14.4. The van der Waals surface area contributed by atoms with Crippen LogP contribution in [0.4, 0.5) is 0 Å². The molecule has 0 aliphatic heterocycles. The van der Waals surface area contributed by atoms with E-state index >= 15 is 0 Å². The summed E-state index contributed by atoms with van der Waals surface area (Å²) in [6.45, 7) is 0.692. The first-order chi connectivity index (χ1) is 9.66. The van der Waals surface area contributed by atoms with Crippen molar-refractivity contribution in [3.05, 3.63) is 35.9 Å². The van der Waals surface area contributed by atoms with Gasteiger partial charge >= 0.3 is 5.97 Å². The van der Waals surface area contributed by atoms with Crippen molar-refractivity contribution < 1.29 is 19.4 Å². The van der Waals surface area contributed by atoms with Crippen LogP contribution in [-0.4, -0.2) is 36.7 Å². The highest BCUT2D eigenvalue weighted by atomic mass is 16.5. The van der Waals surface area contributed by atoms with E-state index in [4.69, 9.17) is 4.74 Å². The third-order valence-corrected chi connectivity index (χ3v) is 3.29. The van der Waals surface area contributed by atoms with Crippen molar-refractivity contribution >= 4 is 11.9 Å². The monoisotopic (exact) mass is 277 g/mol. The van der Waals surface area contributed by atoms with E-state index in [1.165, 1.54) is 12.8 Å². The van der Waals surface area contributed by atoms with Gasteiger partial charge in [0.2, 0.25) is 5.91 Å². The van der Waals surface area contributed by atoms with Crippen LogP contribution in [0.5, 0.6) is 0 Å². The number of amides is 1. The minimum absolute atomic E-state index is 0.00235. The van der Waals surface area contributed by atoms with Crippen LogP contribution in [-0.2, 0) is 14.3 Å². The molecule has 2 rings (SSSR count). The van der Waals surface area contributed by atoms with Crippen molar-refractivity contribution in [2.24, 2.45) is 5.92 Å². The summed E-state index contributed by atoms with van der Waals surface area (Å²) < 4.78 is 5.26. The minimum atomic E-state index is -0.949. The van der Waals surface area contributed by atoms with Gasteiger partial charge in [-0.3, -0.25) is 9.59 Å². The maximum atomic E-state index is 11.6. The van der Waals surface area contributed by atoms with Crippen LogP contribution in [0.25, 0.3) is 0 Å². The van der Waals surface area contributed by atoms with Crippen LogP contribution in [0.2, 0.25) is 0 Å². The van der Waals surface area contributed by atoms with Gasteiger partial charge in [0.15, 0.2) is 0 Å². The van der Waals surface area contributed by atoms with E-state index in [1.807, 2.05) is 6.07 Å². The van der Waals surface area contributed by atoms with E-state index in [-0.39, 0.29) is 19.1 Å². The standard InChI is InChI=1S/C15H19NO4/c17-14(10-20-9-11-6-7-11)16-8-13(15(18)19)12-4-2-1-3-5-12/h1-5,11,13H,6-10H2,(H,16,17)(H,18,19). The summed E-state index contributed by atoms with van der Waals surface area (Å²) in [6, 6.07) is 8.88. The lowest BCUT2D eigenvalue weighted by Crippen LogP contribution is -2.34. The molecule has 108 valence electrons. The van der Waals surface area contributed by atoms with Gasteiger partial charge in [0.25, 0.3) is 0 Å². The number of aliphatic carboxylic acids is 1. The summed E-state index contributed by atoms with van der Waals surface area (Å²) in [5, 5.41) is 11.8. The van der Waals surface area contributed by atoms with Crippen molar-refractivity contribution in [2.75, 3.05) is 19.8 Å². The molecular weight excluding hydrogens is 258 g/mol. The first-order valence-corrected chi connectivity index (χ1v) is 6.79. The Bertz CT molecular complexity index is 456. The second-order valence-electron chi connectivity index (χ2n) is 5.06. The largest absolute Gasteiger partial charge is 0.481 e. The van der Waals surface area contributed by atoms with E-state index in [0.29, 0.717) is 18.1 Å². The topological polar surface area (TPSA) is 75.6 Å². The number of carbonyl (C=O) groups excluding carboxylic acids is 1. The number of carboxylic acid groups (broad SMARTS) is 1. The van der Waals surface area contributed by atoms with Gasteiger partial charge in [0, 0.05) is 6.54 Å². The molecule has 0 heterocycles. The molecule has 1 atom stereocenters. The first-order valence-electron chi connectivity index (χ1n) is 6.79. The third kappa shape index (κ3) is 4.66. The lowest BCUT2D eigenvalue weighted by atomic mass is 9.99. The highest BCUT2D eigenvalue weighted by Crippen LogP contribution is 2.28. The molecule has 1 unspecified atom stereocenters. The van der Waals surface area contributed by atoms with Crippen LogP contribution in [0.15, 0.2) is 30.3 Å². The van der Waals surface area contributed by atoms with Gasteiger partial charge < -0.3 is 15.2 Å². The van der Waals surface area contributed by atoms with Gasteiger partial charge in [-0.1, -0.05) is 30.3 Å². The summed E-state index contributed by atoms with van der Waals surface area (Å²) in [5.41, 5.74) is 0.680. The minimum Gasteiger partial charge on any atom is -0.481 e. The Balaban J connectivity index is 1.76. The fourth-order valence-corrected chi connectivity index (χ4v) is 1.90. The Morgan fingerprint density at radius 2 is 2.00 bits per heavy atom. The number of benzene rings is 1. The van der Waals surface area contributed by atoms with Crippen molar-refractivity contribution in [2.45, 2.75) is 18.8 Å². The quantitative estimate of drug-likeness (QED) is 0.753. The van der Waals surface area contributed by atoms with Crippen LogP contribution in [0, 0.1) is 5.92 Å². The molecule has 1 aliphatic carbocycles. The van der Waals surface area contributed by atoms with Gasteiger partial charge in [-0.2, -0.15) is 0 Å². The second kappa shape index (κ2) is 7.05. The van der Waals surface area contributed by atoms with E-state index in [2.05, 4.69) is 5.32 Å². The smallest absolute Gasteiger partial charge is 0.312 e. The normalized spacial score (nSPS) is 15.6. The Morgan fingerprint density at radius 1 is 1.30 bits per heavy atom. The fraction of sp³-hybridized carbons (Fsp3) is 0.467. The molecule has 1 aromatic carbocycles. The highest BCUT2D eigenvalue weighted by Gasteiger charge is 2.22. The van der Waals surface area contributed by atoms with Crippen LogP contribution < -0.4 is 5.32 Å². The Hall–Kier alpha value is -1.88. The number of nitrogens with one attached hydrogen (secondary N) is 1. The highest BCUT2D eigenvalue weighted by molar-refractivity contribution is 5.80. The van der Waals surface area contributed by atoms with Gasteiger partial charge in [-0.05, 0) is 24.3 Å². The number of hydrogen-bond acceptors (Lipinski definition) is 3. The molecule has 1 aromatic rings. The predicted octanol–water partition coefficient (Wildman–Crippen LogP) is 1.40. The number of hydrogen-bond donors (Lipinski definition) is 2. The molecule has 0 saturated heterocycles. The number of rotatable bonds is 8. The van der Waals surface area contributed by atoms with Crippen LogP contribution in [0.3, 0.4) is 0 Å². The molecule has 20 heavy (non-hydrogen) atoms. The summed E-state index contributed by atoms with van der Waals surface area (Å²) in [5.74, 6) is -1.34. The average Bonchev–Trinajstić information content (AvgIpc) is 3.24. The van der Waals surface area contributed by atoms with E-state index in [0.717, 1.165) is 0 Å². The predicted molar refractivity (Wildman–Crippen MR) is 73.4 cm³/mol. The first kappa shape index (κ1) is 14.5. The van der Waals surface area contributed by atoms with Crippen LogP contribution in [0.1, 0.15) is 24.3 Å². The van der Waals surface area contributed by atoms with E-state index in [9.17, 15) is 14.7 Å². The molecule has 0 spiro atoms. The number of carbonyl (C=O) groups is 2. The van der Waals surface area contributed by atoms with Crippen molar-refractivity contribution in [1.29, 1.82) is 0 Å². The molecule has 5 nitrogen and oxygen atoms in total. The van der Waals surface area contributed by atoms with E-state index < -0.39 is 11.9 Å². The summed E-state index contributed by atoms with van der Waals surface area (Å²) in [7, 11) is 0. The lowest BCUT2D eigenvalue weighted by Gasteiger charge is -2.13. The fourth-order valence-electron chi connectivity index (χ4n) is 1.90. The zero-order valence-corrected chi connectivity index (χ0v) is 11.2. The summed E-state index contributed by atoms with van der Waals surface area (Å²) >= 11 is 0. The molecule has 1 fully saturated rings. The van der Waals surface area contributed by atoms with E-state index in [1.54, 1.807) is 24.3 Å². The van der Waals surface area contributed by atoms with Gasteiger partial charge in [0.05, 0.1) is 12.5 Å². The summed E-state index contributed by atoms with van der Waals surface area (Å²) in [6.07, 6.45) is 2.35. The maximum absolute atomic E-state index is 11.6. The van der Waals surface area contributed by atoms with Gasteiger partial charge in [-0.15, -0.1) is 0 Å². The Labute approximate surface area is 117 Å². The number of carboxylic acids is 1. The number of ether oxygens (including phenoxy) is 1. The maximum Gasteiger partial charge on any atom is 0.312 e. The van der Waals surface area contributed by atoms with Crippen molar-refractivity contribution in [1.82, 2.24) is 5.32 Å². The average molecular weight is 277 g/mol. The van der Waals surface area contributed by atoms with Crippen molar-refractivity contribution in [3.63, 3.8) is 0 Å². The molecule has 1 saturated carbocycles. The summed E-state index contributed by atoms with van der Waals surface area (Å²) in [4.78, 5) is 22.8. The molecule has 2 N–H and O–H groups in total. The lowest BCUT2D eigenvalue weighted by molar-refractivity contribution is -0.138. The molecular formula is C15H19NO4. The van der Waals surface area contributed by atoms with Gasteiger partial charge in [0.1, 0.15) is 6.61 Å². The van der Waals surface area contributed by atoms with Crippen molar-refractivity contribution in [3.8, 4) is 0 Å².